The van der Waals surface area contributed by atoms with E-state index in [0.717, 1.165) is 122 Å². The van der Waals surface area contributed by atoms with Crippen molar-refractivity contribution in [3.8, 4) is 0 Å². The number of azide groups is 3. The molecule has 0 aromatic rings. The van der Waals surface area contributed by atoms with Gasteiger partial charge in [0, 0.05) is 144 Å². The fourth-order valence-electron chi connectivity index (χ4n) is 17.2. The van der Waals surface area contributed by atoms with E-state index in [1.807, 2.05) is 0 Å². The summed E-state index contributed by atoms with van der Waals surface area (Å²) in [5.74, 6) is -6.39. The molecule has 0 bridgehead atoms. The zero-order valence-corrected chi connectivity index (χ0v) is 76.0. The zero-order chi connectivity index (χ0) is 96.4. The Balaban J connectivity index is 0.000000537. The molecule has 3 spiro atoms. The van der Waals surface area contributed by atoms with Gasteiger partial charge in [0.1, 0.15) is 42.7 Å². The normalized spacial score (nSPS) is 31.8. The smallest absolute Gasteiger partial charge is 0.335 e. The van der Waals surface area contributed by atoms with Crippen LogP contribution in [-0.2, 0) is 148 Å². The molecule has 0 amide bonds. The van der Waals surface area contributed by atoms with E-state index < -0.39 is 209 Å². The SMILES string of the molecule is C.C.C.C.C.C.COC(=O)C1=C[C@@H](N=[N+]=[N-])C(OS(C)(=O)=O)[C@H](OS(C)(=O)=O)C1.COC(=O)C1=C[C@@H](N=[N+]=[N-])[C@@H]2OC3(CCCCC3)O[C@@H]2C1.COC(=O)C1=C[C@@H](N=[N+]=[N-])[C@H](O)[C@H](O)C1.COC(=O)C1=C[C@H](O)[C@@H]2OC3(CCCCC3)O[C@@H]2C1.COC(=O)C1=C[C@H](OS(C)(=O)=O)[C@@H]2OC3(CCCCC3)O[C@@H]2C1.COC(=O)C1=C[C@H]2N[C@H]2[C@H](OS(C)(=O)=O)C1.O=C(O)C1(O)C[C@@H](O)C(O)[C@H](O)C1. The van der Waals surface area contributed by atoms with Crippen LogP contribution in [0.25, 0.3) is 31.3 Å². The second-order valence-electron chi connectivity index (χ2n) is 32.9. The lowest BCUT2D eigenvalue weighted by Gasteiger charge is -2.37. The third-order valence-corrected chi connectivity index (χ3v) is 25.4. The lowest BCUT2D eigenvalue weighted by atomic mass is 9.80. The highest BCUT2D eigenvalue weighted by atomic mass is 32.2. The number of methoxy groups -OCH3 is 6. The molecule has 10 aliphatic carbocycles. The van der Waals surface area contributed by atoms with Gasteiger partial charge in [0.25, 0.3) is 40.5 Å². The largest absolute Gasteiger partial charge is 0.479 e. The fourth-order valence-corrected chi connectivity index (χ4v) is 19.6. The maximum Gasteiger partial charge on any atom is 0.335 e. The molecule has 14 aliphatic rings. The van der Waals surface area contributed by atoms with Crippen molar-refractivity contribution >= 4 is 82.3 Å². The average Bonchev–Trinajstić information content (AvgIpc) is 1.62. The molecule has 49 nitrogen and oxygen atoms in total. The summed E-state index contributed by atoms with van der Waals surface area (Å²) in [6, 6.07) is -2.72. The zero-order valence-electron chi connectivity index (χ0n) is 72.7. The average molecular weight is 2030 g/mol. The first-order chi connectivity index (χ1) is 61.0. The number of carboxylic acid groups (broad SMARTS) is 1. The molecular weight excluding hydrogens is 1890 g/mol. The maximum absolute atomic E-state index is 11.8. The molecule has 4 saturated heterocycles. The lowest BCUT2D eigenvalue weighted by molar-refractivity contribution is -0.198. The van der Waals surface area contributed by atoms with Crippen LogP contribution in [0.5, 0.6) is 0 Å². The van der Waals surface area contributed by atoms with Gasteiger partial charge in [0.2, 0.25) is 0 Å². The third-order valence-electron chi connectivity index (χ3n) is 23.1. The van der Waals surface area contributed by atoms with Gasteiger partial charge >= 0.3 is 41.8 Å². The number of nitrogens with zero attached hydrogens (tertiary/aromatic N) is 9. The number of rotatable bonds is 18. The van der Waals surface area contributed by atoms with E-state index in [-0.39, 0.29) is 111 Å². The van der Waals surface area contributed by atoms with E-state index >= 15 is 0 Å². The Bertz CT molecular complexity index is 4910. The summed E-state index contributed by atoms with van der Waals surface area (Å²) < 4.78 is 175. The number of carboxylic acids is 1. The highest BCUT2D eigenvalue weighted by Crippen LogP contribution is 2.49. The number of hydrogen-bond donors (Lipinski definition) is 9. The van der Waals surface area contributed by atoms with Crippen molar-refractivity contribution in [2.45, 2.75) is 343 Å². The van der Waals surface area contributed by atoms with Gasteiger partial charge in [-0.05, 0) is 67.3 Å². The summed E-state index contributed by atoms with van der Waals surface area (Å²) in [4.78, 5) is 87.7. The lowest BCUT2D eigenvalue weighted by Crippen LogP contribution is -2.56. The third kappa shape index (κ3) is 34.3. The molecule has 9 N–H and O–H groups in total. The van der Waals surface area contributed by atoms with Crippen molar-refractivity contribution in [3.05, 3.63) is 101 Å². The Morgan fingerprint density at radius 1 is 0.390 bits per heavy atom. The first kappa shape index (κ1) is 124. The number of nitrogens with one attached hydrogen (secondary N) is 1. The summed E-state index contributed by atoms with van der Waals surface area (Å²) in [5, 5.41) is 87.6. The van der Waals surface area contributed by atoms with Gasteiger partial charge in [-0.2, -0.15) is 33.7 Å². The number of carbonyl (C=O) groups excluding carboxylic acids is 6. The molecule has 4 saturated carbocycles. The van der Waals surface area contributed by atoms with Gasteiger partial charge in [-0.1, -0.05) is 103 Å². The van der Waals surface area contributed by atoms with Crippen LogP contribution in [0.2, 0.25) is 0 Å². The van der Waals surface area contributed by atoms with Crippen LogP contribution >= 0.6 is 0 Å². The number of hydrogen-bond acceptors (Lipinski definition) is 42. The van der Waals surface area contributed by atoms with E-state index in [2.05, 4.69) is 49.6 Å². The van der Waals surface area contributed by atoms with Crippen LogP contribution in [-0.4, -0.2) is 335 Å². The van der Waals surface area contributed by atoms with E-state index in [1.54, 1.807) is 12.2 Å². The minimum absolute atomic E-state index is 0. The molecule has 0 radical (unpaired) electrons. The fraction of sp³-hybridized carbons (Fsp3) is 0.771. The number of fused-ring (bicyclic) bond motifs is 4. The van der Waals surface area contributed by atoms with Crippen molar-refractivity contribution in [1.82, 2.24) is 5.32 Å². The molecule has 0 aromatic carbocycles. The predicted octanol–water partition coefficient (Wildman–Crippen LogP) is 5.60. The van der Waals surface area contributed by atoms with Crippen molar-refractivity contribution in [1.29, 1.82) is 0 Å². The van der Waals surface area contributed by atoms with E-state index in [1.165, 1.54) is 66.6 Å². The Morgan fingerprint density at radius 3 is 1.12 bits per heavy atom. The second kappa shape index (κ2) is 53.4. The summed E-state index contributed by atoms with van der Waals surface area (Å²) >= 11 is 0. The first-order valence-electron chi connectivity index (χ1n) is 41.2. The number of esters is 6. The molecule has 1 unspecified atom stereocenters. The quantitative estimate of drug-likeness (QED) is 0.0153. The van der Waals surface area contributed by atoms with Gasteiger partial charge in [-0.15, -0.1) is 0 Å². The van der Waals surface area contributed by atoms with Crippen molar-refractivity contribution in [3.63, 3.8) is 0 Å². The van der Waals surface area contributed by atoms with Crippen molar-refractivity contribution in [2.75, 3.05) is 67.7 Å². The van der Waals surface area contributed by atoms with Crippen molar-refractivity contribution < 1.29 is 182 Å². The number of aliphatic carboxylic acids is 1. The van der Waals surface area contributed by atoms with E-state index in [0.29, 0.717) is 41.6 Å². The molecule has 53 heteroatoms. The molecule has 136 heavy (non-hydrogen) atoms. The van der Waals surface area contributed by atoms with Gasteiger partial charge in [-0.3, -0.25) is 16.7 Å². The summed E-state index contributed by atoms with van der Waals surface area (Å²) in [6.45, 7) is 0. The standard InChI is InChI=1S/C15H22O7S.C14H19N3O4.C14H20O5.C10H15N3O8S2.C9H13NO5S.C8H11N3O4.C7H12O6.6CH4/c1-19-14(16)10-8-11-13(12(9-10)22-23(2,17)18)21-15(20-11)6-4-3-5-7-15;1-19-13(18)9-7-10(16-17-15)12-11(8-9)20-14(21-12)5-3-2-4-6-14;1-17-13(16)9-7-10(15)12-11(8-9)18-14(19-12)5-3-2-4-6-14;1-19-10(14)6-4-7(12-13-11)9(21-23(3,17)18)8(5-6)20-22(2,15)16;1-14-9(11)5-3-6-8(10-6)7(4-5)15-16(2,12)13;1-15-8(14)4-2-5(10-11-9)7(13)6(12)3-4;8-3-1-7(13,6(11)12)2-4(9)5(3)10;;;;;;/h9,11-13H,3-8H2,1-2H3;7,10-12H,2-6,8H2,1H3;7,10-12,15H,2-6,8H2,1H3;4,7-9H,5H2,1-3H3;3,6-8,10H,4H2,1-2H3;2,5-7,12-13H,3H2,1H3;3-5,8-10,13H,1-2H2,(H,11,12);6*1H4/t11-,12+,13-;10-,11-,12+;10-,11+,12-;7-,8-,9?;6-,7-,8-;5-,6-,7+;3-,4-,5?,7?;;;;;;/m1101111....../s1. The monoisotopic (exact) mass is 2020 g/mol. The Hall–Kier alpha value is -8.26. The number of ether oxygens (including phenoxy) is 12. The molecule has 4 heterocycles. The number of aliphatic hydroxyl groups excluding tert-OH is 6. The maximum atomic E-state index is 11.8. The number of carbonyl (C=O) groups is 7. The van der Waals surface area contributed by atoms with Crippen molar-refractivity contribution in [2.24, 2.45) is 15.3 Å². The molecule has 4 aliphatic heterocycles. The highest BCUT2D eigenvalue weighted by Gasteiger charge is 2.57. The summed E-state index contributed by atoms with van der Waals surface area (Å²) in [5.41, 5.74) is 25.4. The highest BCUT2D eigenvalue weighted by molar-refractivity contribution is 7.86. The Morgan fingerprint density at radius 2 is 0.713 bits per heavy atom. The molecular formula is C83H136N10O39S4. The number of aliphatic hydroxyl groups is 7. The molecule has 776 valence electrons. The topological polar surface area (TPSA) is 734 Å². The molecule has 8 fully saturated rings. The second-order valence-corrected chi connectivity index (χ2v) is 39.3. The summed E-state index contributed by atoms with van der Waals surface area (Å²) in [7, 11) is -7.62. The van der Waals surface area contributed by atoms with Crippen LogP contribution < -0.4 is 5.32 Å². The van der Waals surface area contributed by atoms with Crippen LogP contribution in [0.3, 0.4) is 0 Å². The van der Waals surface area contributed by atoms with Gasteiger partial charge in [0.05, 0.1) is 147 Å². The molecule has 0 aromatic heterocycles. The Kier molecular flexibility index (Phi) is 48.6. The van der Waals surface area contributed by atoms with Crippen LogP contribution in [0.4, 0.5) is 0 Å². The van der Waals surface area contributed by atoms with Gasteiger partial charge < -0.3 is 103 Å². The Labute approximate surface area is 792 Å². The molecule has 20 atom stereocenters. The summed E-state index contributed by atoms with van der Waals surface area (Å²) in [6.07, 6.45) is 13.9. The van der Waals surface area contributed by atoms with Crippen LogP contribution in [0.15, 0.2) is 85.2 Å². The first-order valence-corrected chi connectivity index (χ1v) is 48.5. The van der Waals surface area contributed by atoms with Crippen LogP contribution in [0, 0.1) is 0 Å². The molecule has 14 rings (SSSR count). The van der Waals surface area contributed by atoms with Gasteiger partial charge in [0.15, 0.2) is 23.0 Å². The van der Waals surface area contributed by atoms with E-state index in [9.17, 15) is 87.7 Å². The van der Waals surface area contributed by atoms with E-state index in [4.69, 9.17) is 96.4 Å². The van der Waals surface area contributed by atoms with Gasteiger partial charge in [-0.25, -0.2) is 33.6 Å². The van der Waals surface area contributed by atoms with Crippen LogP contribution in [0.1, 0.15) is 192 Å². The predicted molar refractivity (Wildman–Crippen MR) is 482 cm³/mol. The minimum atomic E-state index is -4.01. The minimum Gasteiger partial charge on any atom is -0.479 e.